The fraction of sp³-hybridized carbons (Fsp3) is 0.409. The van der Waals surface area contributed by atoms with Gasteiger partial charge in [0.25, 0.3) is 5.91 Å². The van der Waals surface area contributed by atoms with Crippen molar-refractivity contribution in [3.05, 3.63) is 57.8 Å². The zero-order chi connectivity index (χ0) is 22.5. The number of carbonyl (C=O) groups is 3. The third-order valence-electron chi connectivity index (χ3n) is 5.08. The van der Waals surface area contributed by atoms with Crippen LogP contribution in [0, 0.1) is 13.8 Å². The molecule has 0 radical (unpaired) electrons. The molecule has 1 aliphatic heterocycles. The van der Waals surface area contributed by atoms with Crippen LogP contribution in [0.1, 0.15) is 44.2 Å². The molecule has 2 amide bonds. The number of thiophene rings is 1. The topological polar surface area (TPSA) is 92.7 Å². The molecule has 9 heteroatoms. The highest BCUT2D eigenvalue weighted by atomic mass is 32.1. The lowest BCUT2D eigenvalue weighted by Gasteiger charge is -2.40. The Morgan fingerprint density at radius 2 is 2.06 bits per heavy atom. The number of hydrogen-bond donors (Lipinski definition) is 0. The van der Waals surface area contributed by atoms with Gasteiger partial charge in [0.05, 0.1) is 12.1 Å². The molecule has 1 aliphatic rings. The van der Waals surface area contributed by atoms with Gasteiger partial charge in [-0.25, -0.2) is 14.8 Å². The number of amides is 2. The predicted octanol–water partition coefficient (Wildman–Crippen LogP) is 2.41. The first kappa shape index (κ1) is 22.6. The van der Waals surface area contributed by atoms with E-state index in [2.05, 4.69) is 16.5 Å². The molecule has 2 aromatic heterocycles. The van der Waals surface area contributed by atoms with Gasteiger partial charge in [-0.15, -0.1) is 11.3 Å². The van der Waals surface area contributed by atoms with E-state index >= 15 is 0 Å². The van der Waals surface area contributed by atoms with Gasteiger partial charge in [-0.05, 0) is 32.2 Å². The maximum Gasteiger partial charge on any atom is 0.342 e. The van der Waals surface area contributed by atoms with Crippen molar-refractivity contribution in [3.8, 4) is 0 Å². The Hall–Kier alpha value is -3.07. The van der Waals surface area contributed by atoms with Gasteiger partial charge in [0.15, 0.2) is 0 Å². The lowest BCUT2D eigenvalue weighted by Crippen LogP contribution is -2.56. The summed E-state index contributed by atoms with van der Waals surface area (Å²) in [6.45, 7) is 9.95. The van der Waals surface area contributed by atoms with Crippen LogP contribution < -0.4 is 0 Å². The Kier molecular flexibility index (Phi) is 7.17. The highest BCUT2D eigenvalue weighted by Gasteiger charge is 2.33. The third-order valence-corrected chi connectivity index (χ3v) is 5.96. The van der Waals surface area contributed by atoms with Crippen LogP contribution in [0.15, 0.2) is 30.2 Å². The van der Waals surface area contributed by atoms with Crippen molar-refractivity contribution in [2.24, 2.45) is 0 Å². The zero-order valence-electron chi connectivity index (χ0n) is 18.0. The van der Waals surface area contributed by atoms with E-state index in [4.69, 9.17) is 4.74 Å². The summed E-state index contributed by atoms with van der Waals surface area (Å²) >= 11 is 1.56. The number of esters is 1. The number of rotatable bonds is 6. The Balaban J connectivity index is 1.76. The molecule has 0 aromatic carbocycles. The molecule has 0 spiro atoms. The summed E-state index contributed by atoms with van der Waals surface area (Å²) in [6.07, 6.45) is 1.82. The van der Waals surface area contributed by atoms with Crippen LogP contribution in [0.3, 0.4) is 0 Å². The summed E-state index contributed by atoms with van der Waals surface area (Å²) in [5.41, 5.74) is 0.494. The van der Waals surface area contributed by atoms with E-state index in [-0.39, 0.29) is 35.7 Å². The molecule has 31 heavy (non-hydrogen) atoms. The lowest BCUT2D eigenvalue weighted by molar-refractivity contribution is -0.134. The number of aromatic nitrogens is 2. The summed E-state index contributed by atoms with van der Waals surface area (Å²) in [4.78, 5) is 51.4. The van der Waals surface area contributed by atoms with Gasteiger partial charge in [0, 0.05) is 30.6 Å². The van der Waals surface area contributed by atoms with Crippen LogP contribution in [-0.2, 0) is 16.0 Å². The summed E-state index contributed by atoms with van der Waals surface area (Å²) in [6, 6.07) is 3.72. The first-order chi connectivity index (χ1) is 14.8. The van der Waals surface area contributed by atoms with Crippen molar-refractivity contribution in [2.45, 2.75) is 33.2 Å². The van der Waals surface area contributed by atoms with E-state index in [9.17, 15) is 14.4 Å². The number of hydrogen-bond acceptors (Lipinski definition) is 7. The molecule has 0 aliphatic carbocycles. The van der Waals surface area contributed by atoms with Gasteiger partial charge in [-0.1, -0.05) is 18.7 Å². The zero-order valence-corrected chi connectivity index (χ0v) is 18.8. The summed E-state index contributed by atoms with van der Waals surface area (Å²) < 4.78 is 5.14. The van der Waals surface area contributed by atoms with Crippen LogP contribution in [0.4, 0.5) is 0 Å². The smallest absolute Gasteiger partial charge is 0.342 e. The normalized spacial score (nSPS) is 16.2. The Bertz CT molecular complexity index is 990. The standard InChI is InChI=1S/C22H26N4O4S/c1-5-10-30-22(29)19-15(3)23-16(4)24-20(19)21(28)25-8-9-26(14(2)13-25)18(27)12-17-7-6-11-31-17/h5-7,11,14H,1,8-10,12-13H2,2-4H3. The highest BCUT2D eigenvalue weighted by molar-refractivity contribution is 7.10. The molecule has 3 rings (SSSR count). The molecular weight excluding hydrogens is 416 g/mol. The summed E-state index contributed by atoms with van der Waals surface area (Å²) in [5.74, 6) is -0.571. The van der Waals surface area contributed by atoms with Gasteiger partial charge >= 0.3 is 5.97 Å². The molecule has 1 atom stereocenters. The van der Waals surface area contributed by atoms with Crippen molar-refractivity contribution in [3.63, 3.8) is 0 Å². The molecule has 0 saturated carbocycles. The molecular formula is C22H26N4O4S. The third kappa shape index (κ3) is 5.16. The van der Waals surface area contributed by atoms with Crippen molar-refractivity contribution in [1.82, 2.24) is 19.8 Å². The average molecular weight is 443 g/mol. The quantitative estimate of drug-likeness (QED) is 0.504. The van der Waals surface area contributed by atoms with Gasteiger partial charge in [0.2, 0.25) is 5.91 Å². The minimum atomic E-state index is -0.654. The monoisotopic (exact) mass is 442 g/mol. The number of piperazine rings is 1. The number of carbonyl (C=O) groups excluding carboxylic acids is 3. The van der Waals surface area contributed by atoms with E-state index < -0.39 is 5.97 Å². The maximum absolute atomic E-state index is 13.3. The van der Waals surface area contributed by atoms with Crippen molar-refractivity contribution in [1.29, 1.82) is 0 Å². The molecule has 0 bridgehead atoms. The summed E-state index contributed by atoms with van der Waals surface area (Å²) in [7, 11) is 0. The number of nitrogens with zero attached hydrogens (tertiary/aromatic N) is 4. The summed E-state index contributed by atoms with van der Waals surface area (Å²) in [5, 5.41) is 1.95. The van der Waals surface area contributed by atoms with Gasteiger partial charge in [-0.2, -0.15) is 0 Å². The van der Waals surface area contributed by atoms with E-state index in [1.807, 2.05) is 24.4 Å². The van der Waals surface area contributed by atoms with Gasteiger partial charge in [0.1, 0.15) is 23.7 Å². The fourth-order valence-corrected chi connectivity index (χ4v) is 4.34. The second-order valence-electron chi connectivity index (χ2n) is 7.41. The van der Waals surface area contributed by atoms with Crippen molar-refractivity contribution >= 4 is 29.1 Å². The van der Waals surface area contributed by atoms with Crippen LogP contribution in [0.5, 0.6) is 0 Å². The van der Waals surface area contributed by atoms with E-state index in [0.717, 1.165) is 4.88 Å². The fourth-order valence-electron chi connectivity index (χ4n) is 3.64. The van der Waals surface area contributed by atoms with E-state index in [0.29, 0.717) is 37.6 Å². The highest BCUT2D eigenvalue weighted by Crippen LogP contribution is 2.19. The Morgan fingerprint density at radius 3 is 2.71 bits per heavy atom. The van der Waals surface area contributed by atoms with Crippen LogP contribution in [-0.4, -0.2) is 69.8 Å². The predicted molar refractivity (Wildman–Crippen MR) is 117 cm³/mol. The lowest BCUT2D eigenvalue weighted by atomic mass is 10.1. The number of aryl methyl sites for hydroxylation is 2. The Morgan fingerprint density at radius 1 is 1.29 bits per heavy atom. The molecule has 0 N–H and O–H groups in total. The second kappa shape index (κ2) is 9.82. The molecule has 1 fully saturated rings. The van der Waals surface area contributed by atoms with Gasteiger partial charge in [-0.3, -0.25) is 9.59 Å². The average Bonchev–Trinajstić information content (AvgIpc) is 3.23. The number of ether oxygens (including phenoxy) is 1. The SMILES string of the molecule is C=CCOC(=O)c1c(C)nc(C)nc1C(=O)N1CCN(C(=O)Cc2cccs2)C(C)C1. The van der Waals surface area contributed by atoms with Gasteiger partial charge < -0.3 is 14.5 Å². The minimum Gasteiger partial charge on any atom is -0.458 e. The first-order valence-electron chi connectivity index (χ1n) is 10.1. The van der Waals surface area contributed by atoms with Crippen molar-refractivity contribution < 1.29 is 19.1 Å². The Labute approximate surface area is 185 Å². The molecule has 2 aromatic rings. The maximum atomic E-state index is 13.3. The largest absolute Gasteiger partial charge is 0.458 e. The molecule has 164 valence electrons. The minimum absolute atomic E-state index is 0.0296. The second-order valence-corrected chi connectivity index (χ2v) is 8.44. The van der Waals surface area contributed by atoms with Crippen LogP contribution in [0.2, 0.25) is 0 Å². The van der Waals surface area contributed by atoms with Crippen molar-refractivity contribution in [2.75, 3.05) is 26.2 Å². The molecule has 1 saturated heterocycles. The van der Waals surface area contributed by atoms with Crippen LogP contribution in [0.25, 0.3) is 0 Å². The van der Waals surface area contributed by atoms with E-state index in [1.165, 1.54) is 6.08 Å². The molecule has 1 unspecified atom stereocenters. The molecule has 3 heterocycles. The van der Waals surface area contributed by atoms with E-state index in [1.54, 1.807) is 35.0 Å². The molecule has 8 nitrogen and oxygen atoms in total. The van der Waals surface area contributed by atoms with Crippen LogP contribution >= 0.6 is 11.3 Å². The first-order valence-corrected chi connectivity index (χ1v) is 10.9.